The van der Waals surface area contributed by atoms with E-state index in [4.69, 9.17) is 9.40 Å². The number of rotatable bonds is 5. The predicted molar refractivity (Wildman–Crippen MR) is 111 cm³/mol. The number of fused-ring (bicyclic) bond motifs is 2. The SMILES string of the molecule is CC(C)C[C@H]1c2nc(C3CC3)nn2CCN1S(=O)(=O)c1ccc2oc(=O)ccc2c1. The van der Waals surface area contributed by atoms with Crippen LogP contribution in [0.4, 0.5) is 0 Å². The van der Waals surface area contributed by atoms with Crippen molar-refractivity contribution in [2.45, 2.75) is 56.5 Å². The minimum Gasteiger partial charge on any atom is -0.423 e. The summed E-state index contributed by atoms with van der Waals surface area (Å²) in [5.74, 6) is 2.31. The maximum atomic E-state index is 13.6. The van der Waals surface area contributed by atoms with Crippen LogP contribution < -0.4 is 5.63 Å². The molecule has 5 rings (SSSR count). The Morgan fingerprint density at radius 2 is 1.97 bits per heavy atom. The van der Waals surface area contributed by atoms with Gasteiger partial charge in [-0.05, 0) is 49.4 Å². The Hall–Kier alpha value is -2.52. The molecule has 1 aliphatic carbocycles. The second-order valence-electron chi connectivity index (χ2n) is 8.54. The second-order valence-corrected chi connectivity index (χ2v) is 10.4. The molecular formula is C21H24N4O4S. The van der Waals surface area contributed by atoms with E-state index in [-0.39, 0.29) is 10.9 Å². The number of benzene rings is 1. The zero-order valence-corrected chi connectivity index (χ0v) is 17.8. The Labute approximate surface area is 174 Å². The molecule has 9 heteroatoms. The predicted octanol–water partition coefficient (Wildman–Crippen LogP) is 3.05. The summed E-state index contributed by atoms with van der Waals surface area (Å²) in [5, 5.41) is 5.23. The molecule has 8 nitrogen and oxygen atoms in total. The van der Waals surface area contributed by atoms with Gasteiger partial charge in [0, 0.05) is 23.9 Å². The van der Waals surface area contributed by atoms with Crippen molar-refractivity contribution in [2.24, 2.45) is 5.92 Å². The molecule has 1 atom stereocenters. The third-order valence-corrected chi connectivity index (χ3v) is 7.63. The van der Waals surface area contributed by atoms with E-state index < -0.39 is 15.6 Å². The Balaban J connectivity index is 1.56. The fourth-order valence-corrected chi connectivity index (χ4v) is 5.70. The van der Waals surface area contributed by atoms with Gasteiger partial charge in [-0.3, -0.25) is 0 Å². The summed E-state index contributed by atoms with van der Waals surface area (Å²) in [5.41, 5.74) is -0.0930. The van der Waals surface area contributed by atoms with Gasteiger partial charge in [-0.1, -0.05) is 13.8 Å². The molecule has 2 aromatic heterocycles. The van der Waals surface area contributed by atoms with Crippen LogP contribution in [0.1, 0.15) is 56.7 Å². The fourth-order valence-electron chi connectivity index (χ4n) is 4.08. The quantitative estimate of drug-likeness (QED) is 0.579. The van der Waals surface area contributed by atoms with Gasteiger partial charge in [0.15, 0.2) is 5.82 Å². The molecule has 30 heavy (non-hydrogen) atoms. The highest BCUT2D eigenvalue weighted by Gasteiger charge is 2.40. The fraction of sp³-hybridized carbons (Fsp3) is 0.476. The maximum absolute atomic E-state index is 13.6. The molecule has 1 saturated carbocycles. The first-order valence-electron chi connectivity index (χ1n) is 10.3. The third kappa shape index (κ3) is 3.35. The molecule has 1 aliphatic heterocycles. The van der Waals surface area contributed by atoms with Gasteiger partial charge in [-0.15, -0.1) is 0 Å². The van der Waals surface area contributed by atoms with Crippen molar-refractivity contribution in [3.05, 3.63) is 52.4 Å². The van der Waals surface area contributed by atoms with E-state index in [1.165, 1.54) is 12.1 Å². The van der Waals surface area contributed by atoms with Gasteiger partial charge >= 0.3 is 5.63 Å². The Bertz CT molecular complexity index is 1270. The van der Waals surface area contributed by atoms with Crippen LogP contribution in [0.2, 0.25) is 0 Å². The van der Waals surface area contributed by atoms with Gasteiger partial charge in [0.1, 0.15) is 11.4 Å². The first-order chi connectivity index (χ1) is 14.3. The summed E-state index contributed by atoms with van der Waals surface area (Å²) in [6.07, 6.45) is 2.88. The lowest BCUT2D eigenvalue weighted by Gasteiger charge is -2.35. The average Bonchev–Trinajstić information content (AvgIpc) is 3.46. The zero-order valence-electron chi connectivity index (χ0n) is 17.0. The van der Waals surface area contributed by atoms with E-state index in [2.05, 4.69) is 18.9 Å². The van der Waals surface area contributed by atoms with Crippen LogP contribution in [0.3, 0.4) is 0 Å². The number of nitrogens with zero attached hydrogens (tertiary/aromatic N) is 4. The van der Waals surface area contributed by atoms with Gasteiger partial charge in [0.05, 0.1) is 17.5 Å². The number of sulfonamides is 1. The monoisotopic (exact) mass is 428 g/mol. The lowest BCUT2D eigenvalue weighted by atomic mass is 10.0. The van der Waals surface area contributed by atoms with Crippen molar-refractivity contribution in [2.75, 3.05) is 6.54 Å². The van der Waals surface area contributed by atoms with E-state index in [1.807, 2.05) is 4.68 Å². The van der Waals surface area contributed by atoms with Gasteiger partial charge in [-0.25, -0.2) is 22.9 Å². The van der Waals surface area contributed by atoms with Gasteiger partial charge in [0.2, 0.25) is 10.0 Å². The molecule has 0 bridgehead atoms. The van der Waals surface area contributed by atoms with Gasteiger partial charge in [0.25, 0.3) is 0 Å². The normalized spacial score (nSPS) is 20.0. The highest BCUT2D eigenvalue weighted by atomic mass is 32.2. The van der Waals surface area contributed by atoms with Crippen molar-refractivity contribution in [1.82, 2.24) is 19.1 Å². The van der Waals surface area contributed by atoms with Gasteiger partial charge < -0.3 is 4.42 Å². The zero-order chi connectivity index (χ0) is 21.0. The molecule has 3 aromatic rings. The van der Waals surface area contributed by atoms with E-state index in [1.54, 1.807) is 22.5 Å². The van der Waals surface area contributed by atoms with Crippen molar-refractivity contribution in [3.63, 3.8) is 0 Å². The summed E-state index contributed by atoms with van der Waals surface area (Å²) < 4.78 is 35.9. The van der Waals surface area contributed by atoms with Crippen LogP contribution >= 0.6 is 0 Å². The summed E-state index contributed by atoms with van der Waals surface area (Å²) in [6, 6.07) is 7.13. The number of aromatic nitrogens is 3. The molecule has 158 valence electrons. The smallest absolute Gasteiger partial charge is 0.336 e. The summed E-state index contributed by atoms with van der Waals surface area (Å²) >= 11 is 0. The maximum Gasteiger partial charge on any atom is 0.336 e. The van der Waals surface area contributed by atoms with E-state index in [9.17, 15) is 13.2 Å². The van der Waals surface area contributed by atoms with E-state index in [0.29, 0.717) is 42.3 Å². The first-order valence-corrected chi connectivity index (χ1v) is 11.8. The Morgan fingerprint density at radius 3 is 2.70 bits per heavy atom. The average molecular weight is 429 g/mol. The Kier molecular flexibility index (Phi) is 4.55. The number of hydrogen-bond donors (Lipinski definition) is 0. The summed E-state index contributed by atoms with van der Waals surface area (Å²) in [6.45, 7) is 5.01. The topological polar surface area (TPSA) is 98.3 Å². The lowest BCUT2D eigenvalue weighted by Crippen LogP contribution is -2.43. The van der Waals surface area contributed by atoms with Crippen LogP contribution in [0.15, 0.2) is 44.4 Å². The molecular weight excluding hydrogens is 404 g/mol. The summed E-state index contributed by atoms with van der Waals surface area (Å²) in [4.78, 5) is 16.4. The highest BCUT2D eigenvalue weighted by Crippen LogP contribution is 2.41. The minimum absolute atomic E-state index is 0.188. The van der Waals surface area contributed by atoms with Crippen LogP contribution in [0.5, 0.6) is 0 Å². The van der Waals surface area contributed by atoms with Crippen molar-refractivity contribution >= 4 is 21.0 Å². The van der Waals surface area contributed by atoms with Crippen molar-refractivity contribution in [1.29, 1.82) is 0 Å². The lowest BCUT2D eigenvalue weighted by molar-refractivity contribution is 0.222. The Morgan fingerprint density at radius 1 is 1.17 bits per heavy atom. The van der Waals surface area contributed by atoms with E-state index >= 15 is 0 Å². The highest BCUT2D eigenvalue weighted by molar-refractivity contribution is 7.89. The third-order valence-electron chi connectivity index (χ3n) is 5.73. The van der Waals surface area contributed by atoms with Crippen LogP contribution in [0.25, 0.3) is 11.0 Å². The molecule has 0 radical (unpaired) electrons. The molecule has 2 aliphatic rings. The molecule has 1 aromatic carbocycles. The molecule has 3 heterocycles. The largest absolute Gasteiger partial charge is 0.423 e. The standard InChI is InChI=1S/C21H24N4O4S/c1-13(2)11-17-21-22-20(14-3-4-14)23-24(21)9-10-25(17)30(27,28)16-6-7-18-15(12-16)5-8-19(26)29-18/h5-8,12-14,17H,3-4,9-11H2,1-2H3/t17-/m0/s1. The summed E-state index contributed by atoms with van der Waals surface area (Å²) in [7, 11) is -3.76. The van der Waals surface area contributed by atoms with Crippen LogP contribution in [-0.2, 0) is 16.6 Å². The van der Waals surface area contributed by atoms with Crippen molar-refractivity contribution in [3.8, 4) is 0 Å². The molecule has 0 N–H and O–H groups in total. The molecule has 0 saturated heterocycles. The number of hydrogen-bond acceptors (Lipinski definition) is 6. The van der Waals surface area contributed by atoms with Crippen LogP contribution in [-0.4, -0.2) is 34.0 Å². The minimum atomic E-state index is -3.76. The van der Waals surface area contributed by atoms with Gasteiger partial charge in [-0.2, -0.15) is 9.40 Å². The van der Waals surface area contributed by atoms with Crippen LogP contribution in [0, 0.1) is 5.92 Å². The molecule has 0 spiro atoms. The molecule has 0 amide bonds. The molecule has 0 unspecified atom stereocenters. The van der Waals surface area contributed by atoms with E-state index in [0.717, 1.165) is 24.5 Å². The second kappa shape index (κ2) is 7.02. The first kappa shape index (κ1) is 19.4. The van der Waals surface area contributed by atoms with Crippen molar-refractivity contribution < 1.29 is 12.8 Å². The molecule has 1 fully saturated rings.